The van der Waals surface area contributed by atoms with E-state index in [4.69, 9.17) is 10.5 Å². The summed E-state index contributed by atoms with van der Waals surface area (Å²) in [7, 11) is 1.66. The number of amides is 1. The maximum atomic E-state index is 12.0. The van der Waals surface area contributed by atoms with Crippen LogP contribution >= 0.6 is 0 Å². The van der Waals surface area contributed by atoms with E-state index in [9.17, 15) is 4.79 Å². The summed E-state index contributed by atoms with van der Waals surface area (Å²) in [5, 5.41) is 0. The van der Waals surface area contributed by atoms with Crippen LogP contribution in [0.5, 0.6) is 0 Å². The summed E-state index contributed by atoms with van der Waals surface area (Å²) >= 11 is 0. The summed E-state index contributed by atoms with van der Waals surface area (Å²) in [5.74, 6) is 0.709. The molecule has 0 bridgehead atoms. The minimum Gasteiger partial charge on any atom is -0.383 e. The highest BCUT2D eigenvalue weighted by Gasteiger charge is 2.14. The van der Waals surface area contributed by atoms with E-state index in [2.05, 4.69) is 13.8 Å². The zero-order valence-corrected chi connectivity index (χ0v) is 11.7. The van der Waals surface area contributed by atoms with Crippen molar-refractivity contribution in [2.75, 3.05) is 26.8 Å². The Morgan fingerprint density at radius 1 is 1.35 bits per heavy atom. The van der Waals surface area contributed by atoms with Crippen LogP contribution in [0, 0.1) is 5.92 Å². The molecule has 0 aromatic heterocycles. The van der Waals surface area contributed by atoms with Crippen LogP contribution in [0.3, 0.4) is 0 Å². The van der Waals surface area contributed by atoms with Gasteiger partial charge < -0.3 is 15.4 Å². The Morgan fingerprint density at radius 2 is 2.00 bits per heavy atom. The molecular formula is C13H28N2O2. The Kier molecular flexibility index (Phi) is 9.09. The normalized spacial score (nSPS) is 12.8. The fourth-order valence-corrected chi connectivity index (χ4v) is 1.69. The van der Waals surface area contributed by atoms with Gasteiger partial charge in [-0.3, -0.25) is 4.79 Å². The lowest BCUT2D eigenvalue weighted by Crippen LogP contribution is -2.36. The zero-order valence-electron chi connectivity index (χ0n) is 11.7. The lowest BCUT2D eigenvalue weighted by atomic mass is 10.1. The van der Waals surface area contributed by atoms with Crippen molar-refractivity contribution < 1.29 is 9.53 Å². The molecule has 0 fully saturated rings. The van der Waals surface area contributed by atoms with Crippen LogP contribution in [0.1, 0.15) is 40.0 Å². The third-order valence-corrected chi connectivity index (χ3v) is 2.55. The quantitative estimate of drug-likeness (QED) is 0.671. The summed E-state index contributed by atoms with van der Waals surface area (Å²) in [4.78, 5) is 13.9. The Hall–Kier alpha value is -0.610. The van der Waals surface area contributed by atoms with Crippen molar-refractivity contribution in [2.45, 2.75) is 46.1 Å². The van der Waals surface area contributed by atoms with E-state index < -0.39 is 0 Å². The van der Waals surface area contributed by atoms with Crippen LogP contribution in [0.25, 0.3) is 0 Å². The van der Waals surface area contributed by atoms with Crippen molar-refractivity contribution in [1.29, 1.82) is 0 Å². The van der Waals surface area contributed by atoms with Crippen molar-refractivity contribution in [1.82, 2.24) is 4.90 Å². The van der Waals surface area contributed by atoms with Gasteiger partial charge in [-0.25, -0.2) is 0 Å². The standard InChI is InChI=1S/C13H28N2O2/c1-11(2)10-15(8-9-17-4)13(16)7-5-6-12(3)14/h11-12H,5-10,14H2,1-4H3. The first-order valence-electron chi connectivity index (χ1n) is 6.49. The molecule has 1 atom stereocenters. The molecule has 4 nitrogen and oxygen atoms in total. The molecule has 0 aromatic rings. The average Bonchev–Trinajstić information content (AvgIpc) is 2.22. The Morgan fingerprint density at radius 3 is 2.47 bits per heavy atom. The maximum absolute atomic E-state index is 12.0. The Labute approximate surface area is 105 Å². The molecule has 4 heteroatoms. The second-order valence-corrected chi connectivity index (χ2v) is 5.10. The van der Waals surface area contributed by atoms with E-state index in [0.717, 1.165) is 19.4 Å². The van der Waals surface area contributed by atoms with Gasteiger partial charge in [0.25, 0.3) is 0 Å². The predicted molar refractivity (Wildman–Crippen MR) is 70.8 cm³/mol. The van der Waals surface area contributed by atoms with Gasteiger partial charge in [-0.05, 0) is 25.7 Å². The van der Waals surface area contributed by atoms with Crippen molar-refractivity contribution >= 4 is 5.91 Å². The number of methoxy groups -OCH3 is 1. The van der Waals surface area contributed by atoms with E-state index in [1.807, 2.05) is 11.8 Å². The number of nitrogens with zero attached hydrogens (tertiary/aromatic N) is 1. The van der Waals surface area contributed by atoms with E-state index in [1.165, 1.54) is 0 Å². The number of hydrogen-bond acceptors (Lipinski definition) is 3. The van der Waals surface area contributed by atoms with Crippen LogP contribution in [0.2, 0.25) is 0 Å². The number of rotatable bonds is 9. The van der Waals surface area contributed by atoms with Gasteiger partial charge in [0.1, 0.15) is 0 Å². The molecule has 0 spiro atoms. The average molecular weight is 244 g/mol. The molecule has 0 aromatic carbocycles. The predicted octanol–water partition coefficient (Wildman–Crippen LogP) is 1.63. The minimum absolute atomic E-state index is 0.181. The van der Waals surface area contributed by atoms with Gasteiger partial charge in [0.2, 0.25) is 5.91 Å². The first-order valence-corrected chi connectivity index (χ1v) is 6.49. The van der Waals surface area contributed by atoms with Crippen LogP contribution < -0.4 is 5.73 Å². The molecule has 0 rings (SSSR count). The van der Waals surface area contributed by atoms with Crippen LogP contribution in [0.15, 0.2) is 0 Å². The zero-order chi connectivity index (χ0) is 13.3. The van der Waals surface area contributed by atoms with E-state index in [-0.39, 0.29) is 11.9 Å². The third kappa shape index (κ3) is 9.12. The van der Waals surface area contributed by atoms with Gasteiger partial charge in [0, 0.05) is 32.7 Å². The number of ether oxygens (including phenoxy) is 1. The van der Waals surface area contributed by atoms with E-state index >= 15 is 0 Å². The van der Waals surface area contributed by atoms with Crippen molar-refractivity contribution in [3.63, 3.8) is 0 Å². The molecule has 2 N–H and O–H groups in total. The Balaban J connectivity index is 4.03. The molecule has 0 aliphatic heterocycles. The molecule has 0 radical (unpaired) electrons. The van der Waals surface area contributed by atoms with E-state index in [1.54, 1.807) is 7.11 Å². The van der Waals surface area contributed by atoms with Crippen molar-refractivity contribution in [2.24, 2.45) is 11.7 Å². The number of hydrogen-bond donors (Lipinski definition) is 1. The van der Waals surface area contributed by atoms with Crippen LogP contribution in [-0.4, -0.2) is 43.7 Å². The molecule has 0 saturated carbocycles. The highest BCUT2D eigenvalue weighted by molar-refractivity contribution is 5.76. The van der Waals surface area contributed by atoms with Gasteiger partial charge in [-0.15, -0.1) is 0 Å². The maximum Gasteiger partial charge on any atom is 0.222 e. The fourth-order valence-electron chi connectivity index (χ4n) is 1.69. The molecule has 1 unspecified atom stereocenters. The Bertz CT molecular complexity index is 206. The molecule has 0 aliphatic carbocycles. The largest absolute Gasteiger partial charge is 0.383 e. The third-order valence-electron chi connectivity index (χ3n) is 2.55. The lowest BCUT2D eigenvalue weighted by molar-refractivity contribution is -0.132. The second-order valence-electron chi connectivity index (χ2n) is 5.10. The fraction of sp³-hybridized carbons (Fsp3) is 0.923. The van der Waals surface area contributed by atoms with Gasteiger partial charge in [-0.1, -0.05) is 13.8 Å². The number of carbonyl (C=O) groups is 1. The summed E-state index contributed by atoms with van der Waals surface area (Å²) in [5.41, 5.74) is 5.67. The minimum atomic E-state index is 0.181. The SMILES string of the molecule is COCCN(CC(C)C)C(=O)CCCC(C)N. The summed E-state index contributed by atoms with van der Waals surface area (Å²) < 4.78 is 5.03. The molecule has 0 aliphatic rings. The summed E-state index contributed by atoms with van der Waals surface area (Å²) in [6, 6.07) is 0.181. The first-order chi connectivity index (χ1) is 7.97. The summed E-state index contributed by atoms with van der Waals surface area (Å²) in [6.07, 6.45) is 2.38. The van der Waals surface area contributed by atoms with Gasteiger partial charge in [0.15, 0.2) is 0 Å². The molecule has 1 amide bonds. The molecule has 102 valence electrons. The van der Waals surface area contributed by atoms with E-state index in [0.29, 0.717) is 25.5 Å². The smallest absolute Gasteiger partial charge is 0.222 e. The molecule has 0 saturated heterocycles. The molecular weight excluding hydrogens is 216 g/mol. The van der Waals surface area contributed by atoms with Crippen LogP contribution in [0.4, 0.5) is 0 Å². The van der Waals surface area contributed by atoms with Crippen molar-refractivity contribution in [3.8, 4) is 0 Å². The van der Waals surface area contributed by atoms with Gasteiger partial charge in [0.05, 0.1) is 6.61 Å². The topological polar surface area (TPSA) is 55.6 Å². The number of carbonyl (C=O) groups excluding carboxylic acids is 1. The highest BCUT2D eigenvalue weighted by Crippen LogP contribution is 2.06. The van der Waals surface area contributed by atoms with Gasteiger partial charge >= 0.3 is 0 Å². The monoisotopic (exact) mass is 244 g/mol. The second kappa shape index (κ2) is 9.42. The van der Waals surface area contributed by atoms with Gasteiger partial charge in [-0.2, -0.15) is 0 Å². The number of nitrogens with two attached hydrogens (primary N) is 1. The summed E-state index contributed by atoms with van der Waals surface area (Å²) in [6.45, 7) is 8.31. The lowest BCUT2D eigenvalue weighted by Gasteiger charge is -2.24. The van der Waals surface area contributed by atoms with Crippen LogP contribution in [-0.2, 0) is 9.53 Å². The first kappa shape index (κ1) is 16.4. The van der Waals surface area contributed by atoms with Crippen molar-refractivity contribution in [3.05, 3.63) is 0 Å². The highest BCUT2D eigenvalue weighted by atomic mass is 16.5. The molecule has 0 heterocycles. The molecule has 17 heavy (non-hydrogen) atoms.